The van der Waals surface area contributed by atoms with E-state index in [2.05, 4.69) is 17.3 Å². The van der Waals surface area contributed by atoms with Crippen LogP contribution in [0.3, 0.4) is 0 Å². The lowest BCUT2D eigenvalue weighted by molar-refractivity contribution is 0.0377. The first kappa shape index (κ1) is 9.34. The van der Waals surface area contributed by atoms with Gasteiger partial charge in [-0.3, -0.25) is 4.99 Å². The molecule has 3 aliphatic rings. The van der Waals surface area contributed by atoms with Crippen LogP contribution in [0.1, 0.15) is 32.1 Å². The van der Waals surface area contributed by atoms with Crippen molar-refractivity contribution in [1.82, 2.24) is 0 Å². The van der Waals surface area contributed by atoms with E-state index in [0.29, 0.717) is 12.0 Å². The maximum absolute atomic E-state index is 5.84. The van der Waals surface area contributed by atoms with E-state index in [1.165, 1.54) is 31.3 Å². The van der Waals surface area contributed by atoms with E-state index in [1.54, 1.807) is 5.57 Å². The monoisotopic (exact) mass is 203 g/mol. The van der Waals surface area contributed by atoms with Crippen molar-refractivity contribution in [3.05, 3.63) is 23.4 Å². The zero-order chi connectivity index (χ0) is 10.1. The third-order valence-electron chi connectivity index (χ3n) is 3.72. The smallest absolute Gasteiger partial charge is 0.0791 e. The van der Waals surface area contributed by atoms with Crippen molar-refractivity contribution in [3.63, 3.8) is 0 Å². The summed E-state index contributed by atoms with van der Waals surface area (Å²) in [6.07, 6.45) is 12.6. The summed E-state index contributed by atoms with van der Waals surface area (Å²) in [7, 11) is 0. The number of aliphatic imine (C=N–C) groups is 1. The first-order chi connectivity index (χ1) is 7.45. The number of hydrogen-bond acceptors (Lipinski definition) is 2. The Bertz CT molecular complexity index is 340. The molecule has 0 N–H and O–H groups in total. The van der Waals surface area contributed by atoms with Gasteiger partial charge in [-0.05, 0) is 55.2 Å². The summed E-state index contributed by atoms with van der Waals surface area (Å²) < 4.78 is 5.84. The minimum atomic E-state index is 0.424. The second-order valence-corrected chi connectivity index (χ2v) is 4.60. The molecule has 2 atom stereocenters. The van der Waals surface area contributed by atoms with E-state index in [0.717, 1.165) is 13.0 Å². The molecule has 1 saturated heterocycles. The van der Waals surface area contributed by atoms with Crippen LogP contribution in [0.2, 0.25) is 0 Å². The molecule has 1 fully saturated rings. The number of allylic oxidation sites excluding steroid dienone is 2. The van der Waals surface area contributed by atoms with Gasteiger partial charge in [0.15, 0.2) is 0 Å². The molecule has 0 aromatic heterocycles. The highest BCUT2D eigenvalue weighted by molar-refractivity contribution is 5.61. The standard InChI is InChI=1S/C13H17NO/c1-2-12-11-6-8-14-7-5-10(11)3-4-13(12)15-9-1/h6-8,10,13H,1-5,9H2. The Labute approximate surface area is 90.7 Å². The first-order valence-corrected chi connectivity index (χ1v) is 5.98. The molecule has 2 heterocycles. The molecule has 0 saturated carbocycles. The third kappa shape index (κ3) is 1.67. The lowest BCUT2D eigenvalue weighted by Gasteiger charge is -2.35. The normalized spacial score (nSPS) is 34.7. The molecule has 0 aromatic rings. The molecular formula is C13H17NO. The summed E-state index contributed by atoms with van der Waals surface area (Å²) in [5.41, 5.74) is 3.10. The third-order valence-corrected chi connectivity index (χ3v) is 3.72. The SMILES string of the molecule is C1=CC2=C3CCCOC3CCC2CC=N1. The summed E-state index contributed by atoms with van der Waals surface area (Å²) in [5, 5.41) is 0. The van der Waals surface area contributed by atoms with Gasteiger partial charge in [-0.25, -0.2) is 0 Å². The van der Waals surface area contributed by atoms with Gasteiger partial charge in [0, 0.05) is 19.0 Å². The van der Waals surface area contributed by atoms with Crippen molar-refractivity contribution >= 4 is 6.21 Å². The Morgan fingerprint density at radius 1 is 1.33 bits per heavy atom. The van der Waals surface area contributed by atoms with Crippen molar-refractivity contribution in [2.75, 3.05) is 6.61 Å². The van der Waals surface area contributed by atoms with Crippen LogP contribution in [0.25, 0.3) is 0 Å². The molecule has 80 valence electrons. The van der Waals surface area contributed by atoms with Gasteiger partial charge >= 0.3 is 0 Å². The minimum absolute atomic E-state index is 0.424. The van der Waals surface area contributed by atoms with Gasteiger partial charge in [-0.15, -0.1) is 0 Å². The van der Waals surface area contributed by atoms with Crippen LogP contribution in [-0.2, 0) is 4.74 Å². The zero-order valence-electron chi connectivity index (χ0n) is 8.98. The summed E-state index contributed by atoms with van der Waals surface area (Å²) in [6, 6.07) is 0. The fraction of sp³-hybridized carbons (Fsp3) is 0.615. The van der Waals surface area contributed by atoms with Gasteiger partial charge in [-0.2, -0.15) is 0 Å². The quantitative estimate of drug-likeness (QED) is 0.593. The number of fused-ring (bicyclic) bond motifs is 2. The Balaban J connectivity index is 1.98. The molecule has 2 unspecified atom stereocenters. The van der Waals surface area contributed by atoms with Crippen LogP contribution < -0.4 is 0 Å². The number of rotatable bonds is 0. The van der Waals surface area contributed by atoms with Crippen molar-refractivity contribution in [2.45, 2.75) is 38.2 Å². The van der Waals surface area contributed by atoms with Crippen LogP contribution in [0.4, 0.5) is 0 Å². The van der Waals surface area contributed by atoms with E-state index in [4.69, 9.17) is 4.74 Å². The number of nitrogens with zero attached hydrogens (tertiary/aromatic N) is 1. The molecule has 0 aromatic carbocycles. The van der Waals surface area contributed by atoms with E-state index in [1.807, 2.05) is 6.20 Å². The van der Waals surface area contributed by atoms with Gasteiger partial charge in [0.25, 0.3) is 0 Å². The second-order valence-electron chi connectivity index (χ2n) is 4.60. The van der Waals surface area contributed by atoms with Crippen molar-refractivity contribution in [1.29, 1.82) is 0 Å². The molecule has 2 aliphatic heterocycles. The highest BCUT2D eigenvalue weighted by Gasteiger charge is 2.30. The topological polar surface area (TPSA) is 21.6 Å². The van der Waals surface area contributed by atoms with E-state index in [9.17, 15) is 0 Å². The van der Waals surface area contributed by atoms with Crippen LogP contribution in [-0.4, -0.2) is 18.9 Å². The predicted octanol–water partition coefficient (Wildman–Crippen LogP) is 2.86. The predicted molar refractivity (Wildman–Crippen MR) is 61.0 cm³/mol. The lowest BCUT2D eigenvalue weighted by atomic mass is 9.77. The van der Waals surface area contributed by atoms with Gasteiger partial charge in [0.1, 0.15) is 0 Å². The van der Waals surface area contributed by atoms with Crippen molar-refractivity contribution in [3.8, 4) is 0 Å². The summed E-state index contributed by atoms with van der Waals surface area (Å²) in [5.74, 6) is 0.709. The Kier molecular flexibility index (Phi) is 2.45. The van der Waals surface area contributed by atoms with E-state index in [-0.39, 0.29) is 0 Å². The number of hydrogen-bond donors (Lipinski definition) is 0. The number of ether oxygens (including phenoxy) is 1. The zero-order valence-corrected chi connectivity index (χ0v) is 8.98. The van der Waals surface area contributed by atoms with Crippen molar-refractivity contribution in [2.24, 2.45) is 10.9 Å². The Hall–Kier alpha value is -0.890. The Morgan fingerprint density at radius 2 is 2.33 bits per heavy atom. The molecule has 15 heavy (non-hydrogen) atoms. The molecule has 2 heteroatoms. The van der Waals surface area contributed by atoms with Crippen LogP contribution >= 0.6 is 0 Å². The van der Waals surface area contributed by atoms with Gasteiger partial charge in [-0.1, -0.05) is 0 Å². The largest absolute Gasteiger partial charge is 0.374 e. The van der Waals surface area contributed by atoms with Crippen molar-refractivity contribution < 1.29 is 4.74 Å². The van der Waals surface area contributed by atoms with E-state index >= 15 is 0 Å². The summed E-state index contributed by atoms with van der Waals surface area (Å²) >= 11 is 0. The molecule has 0 radical (unpaired) electrons. The van der Waals surface area contributed by atoms with Gasteiger partial charge in [0.05, 0.1) is 6.10 Å². The molecule has 0 bridgehead atoms. The van der Waals surface area contributed by atoms with Gasteiger partial charge < -0.3 is 4.74 Å². The summed E-state index contributed by atoms with van der Waals surface area (Å²) in [6.45, 7) is 0.951. The average Bonchev–Trinajstić information content (AvgIpc) is 2.54. The maximum atomic E-state index is 5.84. The minimum Gasteiger partial charge on any atom is -0.374 e. The fourth-order valence-electron chi connectivity index (χ4n) is 2.97. The lowest BCUT2D eigenvalue weighted by Crippen LogP contribution is -2.29. The summed E-state index contributed by atoms with van der Waals surface area (Å²) in [4.78, 5) is 4.25. The molecule has 0 spiro atoms. The van der Waals surface area contributed by atoms with E-state index < -0.39 is 0 Å². The highest BCUT2D eigenvalue weighted by atomic mass is 16.5. The van der Waals surface area contributed by atoms with Crippen LogP contribution in [0, 0.1) is 5.92 Å². The van der Waals surface area contributed by atoms with Gasteiger partial charge in [0.2, 0.25) is 0 Å². The molecule has 3 rings (SSSR count). The highest BCUT2D eigenvalue weighted by Crippen LogP contribution is 2.39. The Morgan fingerprint density at radius 3 is 3.33 bits per heavy atom. The molecule has 2 nitrogen and oxygen atoms in total. The molecular weight excluding hydrogens is 186 g/mol. The fourth-order valence-corrected chi connectivity index (χ4v) is 2.97. The molecule has 0 amide bonds. The maximum Gasteiger partial charge on any atom is 0.0791 e. The molecule has 1 aliphatic carbocycles. The average molecular weight is 203 g/mol. The first-order valence-electron chi connectivity index (χ1n) is 5.98. The van der Waals surface area contributed by atoms with Crippen LogP contribution in [0.5, 0.6) is 0 Å². The van der Waals surface area contributed by atoms with Crippen LogP contribution in [0.15, 0.2) is 28.4 Å². The second kappa shape index (κ2) is 3.93.